The Bertz CT molecular complexity index is 528. The molecule has 1 aliphatic carbocycles. The molecule has 1 atom stereocenters. The quantitative estimate of drug-likeness (QED) is 0.838. The second-order valence-corrected chi connectivity index (χ2v) is 5.11. The molecule has 4 nitrogen and oxygen atoms in total. The van der Waals surface area contributed by atoms with Gasteiger partial charge in [0.2, 0.25) is 5.89 Å². The van der Waals surface area contributed by atoms with Crippen LogP contribution in [0.25, 0.3) is 0 Å². The molecule has 0 saturated heterocycles. The molecule has 0 radical (unpaired) electrons. The molecule has 0 spiro atoms. The van der Waals surface area contributed by atoms with Crippen LogP contribution in [-0.4, -0.2) is 10.1 Å². The lowest BCUT2D eigenvalue weighted by Gasteiger charge is -2.06. The summed E-state index contributed by atoms with van der Waals surface area (Å²) in [5.74, 6) is 2.42. The van der Waals surface area contributed by atoms with E-state index in [1.54, 1.807) is 0 Å². The van der Waals surface area contributed by atoms with Crippen LogP contribution in [0, 0.1) is 0 Å². The third kappa shape index (κ3) is 2.37. The zero-order chi connectivity index (χ0) is 12.5. The van der Waals surface area contributed by atoms with Gasteiger partial charge in [0, 0.05) is 17.5 Å². The molecule has 0 aliphatic heterocycles. The summed E-state index contributed by atoms with van der Waals surface area (Å²) >= 11 is 0. The molecule has 1 saturated carbocycles. The van der Waals surface area contributed by atoms with Gasteiger partial charge in [0.15, 0.2) is 5.82 Å². The molecule has 18 heavy (non-hydrogen) atoms. The fourth-order valence-electron chi connectivity index (χ4n) is 2.05. The molecule has 2 aromatic rings. The Morgan fingerprint density at radius 2 is 2.06 bits per heavy atom. The van der Waals surface area contributed by atoms with Crippen molar-refractivity contribution in [1.82, 2.24) is 10.1 Å². The van der Waals surface area contributed by atoms with E-state index in [1.807, 2.05) is 24.3 Å². The fraction of sp³-hybridized carbons (Fsp3) is 0.429. The second kappa shape index (κ2) is 4.44. The van der Waals surface area contributed by atoms with Crippen LogP contribution in [0.15, 0.2) is 28.8 Å². The SMILES string of the molecule is CC(Cc1ccc(N)cc1)c1nc(C2CC2)no1. The number of nitrogen functional groups attached to an aromatic ring is 1. The van der Waals surface area contributed by atoms with Gasteiger partial charge in [-0.1, -0.05) is 24.2 Å². The van der Waals surface area contributed by atoms with E-state index in [9.17, 15) is 0 Å². The van der Waals surface area contributed by atoms with Crippen molar-refractivity contribution in [1.29, 1.82) is 0 Å². The van der Waals surface area contributed by atoms with Gasteiger partial charge in [-0.05, 0) is 37.0 Å². The smallest absolute Gasteiger partial charge is 0.229 e. The maximum Gasteiger partial charge on any atom is 0.229 e. The van der Waals surface area contributed by atoms with Crippen molar-refractivity contribution in [3.63, 3.8) is 0 Å². The monoisotopic (exact) mass is 243 g/mol. The van der Waals surface area contributed by atoms with Gasteiger partial charge in [0.25, 0.3) is 0 Å². The number of nitrogens with zero attached hydrogens (tertiary/aromatic N) is 2. The molecule has 1 fully saturated rings. The Morgan fingerprint density at radius 3 is 2.72 bits per heavy atom. The molecular weight excluding hydrogens is 226 g/mol. The first kappa shape index (κ1) is 11.3. The first-order chi connectivity index (χ1) is 8.72. The summed E-state index contributed by atoms with van der Waals surface area (Å²) in [4.78, 5) is 4.48. The summed E-state index contributed by atoms with van der Waals surface area (Å²) < 4.78 is 5.34. The van der Waals surface area contributed by atoms with Gasteiger partial charge in [-0.25, -0.2) is 0 Å². The minimum absolute atomic E-state index is 0.244. The van der Waals surface area contributed by atoms with Crippen molar-refractivity contribution in [3.8, 4) is 0 Å². The highest BCUT2D eigenvalue weighted by molar-refractivity contribution is 5.39. The molecule has 1 heterocycles. The molecule has 4 heteroatoms. The van der Waals surface area contributed by atoms with E-state index >= 15 is 0 Å². The topological polar surface area (TPSA) is 64.9 Å². The zero-order valence-electron chi connectivity index (χ0n) is 10.5. The Kier molecular flexibility index (Phi) is 2.78. The van der Waals surface area contributed by atoms with Gasteiger partial charge in [-0.2, -0.15) is 4.98 Å². The Hall–Kier alpha value is -1.84. The van der Waals surface area contributed by atoms with Gasteiger partial charge in [0.05, 0.1) is 0 Å². The summed E-state index contributed by atoms with van der Waals surface area (Å²) in [6.07, 6.45) is 3.29. The van der Waals surface area contributed by atoms with Crippen LogP contribution in [0.5, 0.6) is 0 Å². The number of hydrogen-bond acceptors (Lipinski definition) is 4. The average molecular weight is 243 g/mol. The van der Waals surface area contributed by atoms with Crippen LogP contribution in [0.4, 0.5) is 5.69 Å². The third-order valence-electron chi connectivity index (χ3n) is 3.34. The number of rotatable bonds is 4. The number of benzene rings is 1. The number of aromatic nitrogens is 2. The van der Waals surface area contributed by atoms with Gasteiger partial charge >= 0.3 is 0 Å². The lowest BCUT2D eigenvalue weighted by atomic mass is 10.0. The van der Waals surface area contributed by atoms with Crippen LogP contribution >= 0.6 is 0 Å². The van der Waals surface area contributed by atoms with Crippen molar-refractivity contribution < 1.29 is 4.52 Å². The van der Waals surface area contributed by atoms with E-state index < -0.39 is 0 Å². The molecule has 1 aromatic carbocycles. The zero-order valence-corrected chi connectivity index (χ0v) is 10.5. The summed E-state index contributed by atoms with van der Waals surface area (Å²) in [5.41, 5.74) is 7.70. The number of nitrogens with two attached hydrogens (primary N) is 1. The predicted octanol–water partition coefficient (Wildman–Crippen LogP) is 2.88. The first-order valence-corrected chi connectivity index (χ1v) is 6.40. The van der Waals surface area contributed by atoms with Gasteiger partial charge < -0.3 is 10.3 Å². The maximum atomic E-state index is 5.67. The third-order valence-corrected chi connectivity index (χ3v) is 3.34. The minimum atomic E-state index is 0.244. The minimum Gasteiger partial charge on any atom is -0.399 e. The largest absolute Gasteiger partial charge is 0.399 e. The van der Waals surface area contributed by atoms with Crippen molar-refractivity contribution >= 4 is 5.69 Å². The van der Waals surface area contributed by atoms with Crippen LogP contribution < -0.4 is 5.73 Å². The van der Waals surface area contributed by atoms with Gasteiger partial charge in [-0.3, -0.25) is 0 Å². The van der Waals surface area contributed by atoms with Crippen LogP contribution in [0.2, 0.25) is 0 Å². The van der Waals surface area contributed by atoms with E-state index in [4.69, 9.17) is 10.3 Å². The van der Waals surface area contributed by atoms with E-state index in [-0.39, 0.29) is 5.92 Å². The molecule has 0 bridgehead atoms. The van der Waals surface area contributed by atoms with Crippen molar-refractivity contribution in [2.45, 2.75) is 38.0 Å². The van der Waals surface area contributed by atoms with E-state index in [0.717, 1.165) is 23.8 Å². The molecule has 1 aliphatic rings. The standard InChI is InChI=1S/C14H17N3O/c1-9(8-10-2-6-12(15)7-3-10)14-16-13(17-18-14)11-4-5-11/h2-3,6-7,9,11H,4-5,8,15H2,1H3. The highest BCUT2D eigenvalue weighted by Crippen LogP contribution is 2.38. The Morgan fingerprint density at radius 1 is 1.33 bits per heavy atom. The fourth-order valence-corrected chi connectivity index (χ4v) is 2.05. The van der Waals surface area contributed by atoms with Gasteiger partial charge in [0.1, 0.15) is 0 Å². The van der Waals surface area contributed by atoms with Crippen LogP contribution in [0.3, 0.4) is 0 Å². The molecular formula is C14H17N3O. The van der Waals surface area contributed by atoms with E-state index in [1.165, 1.54) is 18.4 Å². The molecule has 94 valence electrons. The first-order valence-electron chi connectivity index (χ1n) is 6.40. The maximum absolute atomic E-state index is 5.67. The van der Waals surface area contributed by atoms with Crippen molar-refractivity contribution in [2.75, 3.05) is 5.73 Å². The average Bonchev–Trinajstić information content (AvgIpc) is 3.10. The summed E-state index contributed by atoms with van der Waals surface area (Å²) in [6.45, 7) is 2.11. The normalized spacial score (nSPS) is 16.7. The second-order valence-electron chi connectivity index (χ2n) is 5.11. The predicted molar refractivity (Wildman–Crippen MR) is 69.2 cm³/mol. The van der Waals surface area contributed by atoms with Crippen molar-refractivity contribution in [2.24, 2.45) is 0 Å². The van der Waals surface area contributed by atoms with Crippen LogP contribution in [-0.2, 0) is 6.42 Å². The van der Waals surface area contributed by atoms with E-state index in [2.05, 4.69) is 17.1 Å². The van der Waals surface area contributed by atoms with E-state index in [0.29, 0.717) is 5.92 Å². The van der Waals surface area contributed by atoms with Gasteiger partial charge in [-0.15, -0.1) is 0 Å². The lowest BCUT2D eigenvalue weighted by Crippen LogP contribution is -1.99. The van der Waals surface area contributed by atoms with Crippen LogP contribution in [0.1, 0.15) is 48.9 Å². The lowest BCUT2D eigenvalue weighted by molar-refractivity contribution is 0.354. The molecule has 1 aromatic heterocycles. The Labute approximate surface area is 106 Å². The molecule has 3 rings (SSSR count). The summed E-state index contributed by atoms with van der Waals surface area (Å²) in [6, 6.07) is 7.94. The highest BCUT2D eigenvalue weighted by Gasteiger charge is 2.29. The van der Waals surface area contributed by atoms with Crippen molar-refractivity contribution in [3.05, 3.63) is 41.5 Å². The summed E-state index contributed by atoms with van der Waals surface area (Å²) in [5, 5.41) is 4.05. The highest BCUT2D eigenvalue weighted by atomic mass is 16.5. The number of anilines is 1. The Balaban J connectivity index is 1.69. The molecule has 0 amide bonds. The molecule has 1 unspecified atom stereocenters. The molecule has 2 N–H and O–H groups in total. The summed E-state index contributed by atoms with van der Waals surface area (Å²) in [7, 11) is 0. The number of hydrogen-bond donors (Lipinski definition) is 1.